The third kappa shape index (κ3) is 2.43. The van der Waals surface area contributed by atoms with Gasteiger partial charge in [-0.25, -0.2) is 0 Å². The maximum atomic E-state index is 12.9. The van der Waals surface area contributed by atoms with Gasteiger partial charge in [-0.1, -0.05) is 18.2 Å². The summed E-state index contributed by atoms with van der Waals surface area (Å²) in [5.41, 5.74) is 9.43. The Kier molecular flexibility index (Phi) is 3.46. The van der Waals surface area contributed by atoms with Crippen LogP contribution in [0.25, 0.3) is 21.7 Å². The molecule has 0 aliphatic carbocycles. The van der Waals surface area contributed by atoms with Gasteiger partial charge < -0.3 is 15.5 Å². The summed E-state index contributed by atoms with van der Waals surface area (Å²) in [7, 11) is 1.66. The molecule has 0 atom stereocenters. The van der Waals surface area contributed by atoms with Gasteiger partial charge in [0.05, 0.1) is 12.8 Å². The Bertz CT molecular complexity index is 1130. The summed E-state index contributed by atoms with van der Waals surface area (Å²) in [5, 5.41) is 3.06. The highest BCUT2D eigenvalue weighted by atomic mass is 16.5. The van der Waals surface area contributed by atoms with Crippen LogP contribution in [0.3, 0.4) is 0 Å². The maximum absolute atomic E-state index is 12.9. The summed E-state index contributed by atoms with van der Waals surface area (Å²) in [4.78, 5) is 16.2. The number of ether oxygens (including phenoxy) is 1. The van der Waals surface area contributed by atoms with Gasteiger partial charge in [0.2, 0.25) is 5.78 Å². The molecule has 0 saturated carbocycles. The topological polar surface area (TPSA) is 68.1 Å². The second-order valence-corrected chi connectivity index (χ2v) is 6.17. The van der Waals surface area contributed by atoms with Gasteiger partial charge in [0.1, 0.15) is 5.75 Å². The molecule has 1 aromatic heterocycles. The molecule has 0 spiro atoms. The summed E-state index contributed by atoms with van der Waals surface area (Å²) in [5.74, 6) is 0.751. The fourth-order valence-electron chi connectivity index (χ4n) is 3.34. The molecule has 0 fully saturated rings. The highest BCUT2D eigenvalue weighted by Crippen LogP contribution is 2.33. The van der Waals surface area contributed by atoms with Crippen LogP contribution < -0.4 is 10.5 Å². The molecule has 4 rings (SSSR count). The lowest BCUT2D eigenvalue weighted by Gasteiger charge is -2.06. The van der Waals surface area contributed by atoms with Crippen LogP contribution in [0.2, 0.25) is 0 Å². The number of carbonyl (C=O) groups is 1. The molecule has 0 radical (unpaired) electrons. The number of aromatic nitrogens is 1. The summed E-state index contributed by atoms with van der Waals surface area (Å²) in [6.07, 6.45) is 0. The lowest BCUT2D eigenvalue weighted by Crippen LogP contribution is -2.04. The van der Waals surface area contributed by atoms with Gasteiger partial charge in [-0.3, -0.25) is 4.79 Å². The third-order valence-corrected chi connectivity index (χ3v) is 4.57. The standard InChI is InChI=1S/C21H18N2O2/c1-12-10-14(22)7-8-15(12)21(24)18-11-16-17(23-18)9-6-13-4-3-5-19(25-2)20(13)16/h3-11,23H,22H2,1-2H3. The normalized spacial score (nSPS) is 11.1. The number of rotatable bonds is 3. The number of nitrogen functional groups attached to an aromatic ring is 1. The average molecular weight is 330 g/mol. The molecule has 0 aliphatic heterocycles. The summed E-state index contributed by atoms with van der Waals surface area (Å²) >= 11 is 0. The van der Waals surface area contributed by atoms with E-state index in [-0.39, 0.29) is 5.78 Å². The van der Waals surface area contributed by atoms with E-state index in [4.69, 9.17) is 10.5 Å². The molecule has 0 amide bonds. The Morgan fingerprint density at radius 3 is 2.68 bits per heavy atom. The van der Waals surface area contributed by atoms with E-state index in [0.29, 0.717) is 16.9 Å². The van der Waals surface area contributed by atoms with Crippen LogP contribution in [-0.2, 0) is 0 Å². The van der Waals surface area contributed by atoms with Gasteiger partial charge >= 0.3 is 0 Å². The Balaban J connectivity index is 1.92. The van der Waals surface area contributed by atoms with Gasteiger partial charge in [0.15, 0.2) is 0 Å². The first-order valence-electron chi connectivity index (χ1n) is 8.08. The van der Waals surface area contributed by atoms with Crippen LogP contribution >= 0.6 is 0 Å². The fourth-order valence-corrected chi connectivity index (χ4v) is 3.34. The summed E-state index contributed by atoms with van der Waals surface area (Å²) in [6.45, 7) is 1.89. The van der Waals surface area contributed by atoms with Gasteiger partial charge in [0.25, 0.3) is 0 Å². The van der Waals surface area contributed by atoms with Crippen molar-refractivity contribution < 1.29 is 9.53 Å². The van der Waals surface area contributed by atoms with Crippen molar-refractivity contribution in [2.45, 2.75) is 6.92 Å². The molecule has 0 bridgehead atoms. The Morgan fingerprint density at radius 2 is 1.92 bits per heavy atom. The van der Waals surface area contributed by atoms with Gasteiger partial charge in [-0.05, 0) is 54.3 Å². The number of nitrogens with one attached hydrogen (secondary N) is 1. The molecule has 0 saturated heterocycles. The van der Waals surface area contributed by atoms with Crippen LogP contribution in [0.4, 0.5) is 5.69 Å². The molecular weight excluding hydrogens is 312 g/mol. The van der Waals surface area contributed by atoms with Crippen molar-refractivity contribution in [2.24, 2.45) is 0 Å². The van der Waals surface area contributed by atoms with E-state index in [2.05, 4.69) is 4.98 Å². The highest BCUT2D eigenvalue weighted by Gasteiger charge is 2.16. The summed E-state index contributed by atoms with van der Waals surface area (Å²) < 4.78 is 5.51. The van der Waals surface area contributed by atoms with Crippen LogP contribution in [0.1, 0.15) is 21.6 Å². The van der Waals surface area contributed by atoms with E-state index >= 15 is 0 Å². The number of methoxy groups -OCH3 is 1. The molecule has 0 unspecified atom stereocenters. The monoisotopic (exact) mass is 330 g/mol. The molecule has 3 aromatic carbocycles. The first-order valence-corrected chi connectivity index (χ1v) is 8.08. The zero-order valence-corrected chi connectivity index (χ0v) is 14.1. The number of anilines is 1. The van der Waals surface area contributed by atoms with Crippen molar-refractivity contribution in [1.29, 1.82) is 0 Å². The van der Waals surface area contributed by atoms with Crippen molar-refractivity contribution in [1.82, 2.24) is 4.98 Å². The number of hydrogen-bond donors (Lipinski definition) is 2. The number of fused-ring (bicyclic) bond motifs is 3. The van der Waals surface area contributed by atoms with E-state index < -0.39 is 0 Å². The number of ketones is 1. The van der Waals surface area contributed by atoms with Crippen molar-refractivity contribution in [3.8, 4) is 5.75 Å². The van der Waals surface area contributed by atoms with Crippen molar-refractivity contribution in [2.75, 3.05) is 12.8 Å². The average Bonchev–Trinajstić information content (AvgIpc) is 3.05. The molecule has 124 valence electrons. The number of benzene rings is 3. The number of nitrogens with two attached hydrogens (primary N) is 1. The minimum absolute atomic E-state index is 0.0447. The molecule has 4 aromatic rings. The Labute approximate surface area is 145 Å². The van der Waals surface area contributed by atoms with E-state index in [1.54, 1.807) is 19.2 Å². The lowest BCUT2D eigenvalue weighted by molar-refractivity contribution is 0.103. The van der Waals surface area contributed by atoms with Crippen LogP contribution in [0, 0.1) is 6.92 Å². The zero-order chi connectivity index (χ0) is 17.6. The number of aryl methyl sites for hydroxylation is 1. The van der Waals surface area contributed by atoms with Gasteiger partial charge in [0, 0.05) is 27.5 Å². The predicted octanol–water partition coefficient (Wildman–Crippen LogP) is 4.45. The first kappa shape index (κ1) is 15.3. The maximum Gasteiger partial charge on any atom is 0.209 e. The van der Waals surface area contributed by atoms with E-state index in [1.165, 1.54) is 0 Å². The predicted molar refractivity (Wildman–Crippen MR) is 101 cm³/mol. The number of carbonyl (C=O) groups excluding carboxylic acids is 1. The zero-order valence-electron chi connectivity index (χ0n) is 14.1. The first-order chi connectivity index (χ1) is 12.1. The highest BCUT2D eigenvalue weighted by molar-refractivity contribution is 6.16. The third-order valence-electron chi connectivity index (χ3n) is 4.57. The SMILES string of the molecule is COc1cccc2ccc3[nH]c(C(=O)c4ccc(N)cc4C)cc3c12. The van der Waals surface area contributed by atoms with E-state index in [0.717, 1.165) is 33.0 Å². The second kappa shape index (κ2) is 5.67. The molecular formula is C21H18N2O2. The van der Waals surface area contributed by atoms with Gasteiger partial charge in [-0.15, -0.1) is 0 Å². The minimum Gasteiger partial charge on any atom is -0.496 e. The van der Waals surface area contributed by atoms with Crippen LogP contribution in [0.5, 0.6) is 5.75 Å². The molecule has 4 nitrogen and oxygen atoms in total. The fraction of sp³-hybridized carbons (Fsp3) is 0.0952. The molecule has 25 heavy (non-hydrogen) atoms. The number of H-pyrrole nitrogens is 1. The van der Waals surface area contributed by atoms with Crippen molar-refractivity contribution in [3.63, 3.8) is 0 Å². The molecule has 4 heteroatoms. The van der Waals surface area contributed by atoms with Crippen LogP contribution in [-0.4, -0.2) is 17.9 Å². The van der Waals surface area contributed by atoms with Crippen molar-refractivity contribution in [3.05, 3.63) is 71.4 Å². The molecule has 0 aliphatic rings. The smallest absolute Gasteiger partial charge is 0.209 e. The summed E-state index contributed by atoms with van der Waals surface area (Å²) in [6, 6.07) is 17.2. The number of aromatic amines is 1. The molecule has 1 heterocycles. The van der Waals surface area contributed by atoms with Crippen molar-refractivity contribution >= 4 is 33.1 Å². The second-order valence-electron chi connectivity index (χ2n) is 6.17. The van der Waals surface area contributed by atoms with E-state index in [1.807, 2.05) is 49.4 Å². The molecule has 3 N–H and O–H groups in total. The largest absolute Gasteiger partial charge is 0.496 e. The quantitative estimate of drug-likeness (QED) is 0.431. The van der Waals surface area contributed by atoms with Gasteiger partial charge in [-0.2, -0.15) is 0 Å². The van der Waals surface area contributed by atoms with E-state index in [9.17, 15) is 4.79 Å². The minimum atomic E-state index is -0.0447. The Hall–Kier alpha value is -3.27. The Morgan fingerprint density at radius 1 is 1.08 bits per heavy atom. The van der Waals surface area contributed by atoms with Crippen LogP contribution in [0.15, 0.2) is 54.6 Å². The lowest BCUT2D eigenvalue weighted by atomic mass is 10.0. The number of hydrogen-bond acceptors (Lipinski definition) is 3.